The van der Waals surface area contributed by atoms with E-state index in [1.54, 1.807) is 12.1 Å². The second-order valence-corrected chi connectivity index (χ2v) is 10.1. The van der Waals surface area contributed by atoms with Crippen molar-refractivity contribution in [1.29, 1.82) is 0 Å². The Kier molecular flexibility index (Phi) is 9.11. The van der Waals surface area contributed by atoms with Crippen LogP contribution in [-0.2, 0) is 6.42 Å². The first kappa shape index (κ1) is 25.9. The molecule has 0 heterocycles. The van der Waals surface area contributed by atoms with E-state index in [4.69, 9.17) is 4.74 Å². The molecule has 36 heavy (non-hydrogen) atoms. The van der Waals surface area contributed by atoms with E-state index in [-0.39, 0.29) is 11.6 Å². The van der Waals surface area contributed by atoms with Gasteiger partial charge >= 0.3 is 5.97 Å². The van der Waals surface area contributed by atoms with Crippen molar-refractivity contribution in [2.45, 2.75) is 70.6 Å². The molecule has 0 bridgehead atoms. The van der Waals surface area contributed by atoms with Crippen LogP contribution in [0.5, 0.6) is 5.75 Å². The predicted molar refractivity (Wildman–Crippen MR) is 145 cm³/mol. The molecule has 4 rings (SSSR count). The highest BCUT2D eigenvalue weighted by Gasteiger charge is 2.24. The van der Waals surface area contributed by atoms with Crippen molar-refractivity contribution in [3.63, 3.8) is 0 Å². The number of hydrogen-bond donors (Lipinski definition) is 0. The number of carbonyl (C=O) groups excluding carboxylic acids is 1. The van der Waals surface area contributed by atoms with E-state index in [1.165, 1.54) is 49.3 Å². The van der Waals surface area contributed by atoms with Gasteiger partial charge in [-0.1, -0.05) is 67.6 Å². The lowest BCUT2D eigenvalue weighted by Crippen LogP contribution is -2.15. The van der Waals surface area contributed by atoms with Crippen molar-refractivity contribution < 1.29 is 13.9 Å². The Morgan fingerprint density at radius 2 is 1.72 bits per heavy atom. The summed E-state index contributed by atoms with van der Waals surface area (Å²) in [4.78, 5) is 12.6. The third-order valence-electron chi connectivity index (χ3n) is 7.57. The Balaban J connectivity index is 1.27. The minimum absolute atomic E-state index is 0.236. The Morgan fingerprint density at radius 3 is 2.39 bits per heavy atom. The van der Waals surface area contributed by atoms with Crippen LogP contribution in [0.4, 0.5) is 4.39 Å². The number of ether oxygens (including phenoxy) is 1. The van der Waals surface area contributed by atoms with E-state index in [0.29, 0.717) is 29.4 Å². The van der Waals surface area contributed by atoms with Gasteiger partial charge in [-0.25, -0.2) is 9.18 Å². The number of carbonyl (C=O) groups is 1. The van der Waals surface area contributed by atoms with Gasteiger partial charge in [-0.3, -0.25) is 0 Å². The molecule has 0 aliphatic heterocycles. The van der Waals surface area contributed by atoms with Gasteiger partial charge in [-0.2, -0.15) is 0 Å². The van der Waals surface area contributed by atoms with E-state index in [1.807, 2.05) is 31.2 Å². The number of rotatable bonds is 9. The maximum atomic E-state index is 14.4. The van der Waals surface area contributed by atoms with Crippen LogP contribution in [0, 0.1) is 11.7 Å². The minimum Gasteiger partial charge on any atom is -0.423 e. The van der Waals surface area contributed by atoms with Gasteiger partial charge in [-0.15, -0.1) is 0 Å². The van der Waals surface area contributed by atoms with Gasteiger partial charge in [0.05, 0.1) is 5.56 Å². The molecule has 0 radical (unpaired) electrons. The summed E-state index contributed by atoms with van der Waals surface area (Å²) in [6, 6.07) is 23.3. The lowest BCUT2D eigenvalue weighted by Gasteiger charge is -2.30. The summed E-state index contributed by atoms with van der Waals surface area (Å²) >= 11 is 0. The minimum atomic E-state index is -0.457. The molecule has 2 nitrogen and oxygen atoms in total. The zero-order chi connectivity index (χ0) is 25.3. The molecule has 1 atom stereocenters. The highest BCUT2D eigenvalue weighted by Crippen LogP contribution is 2.39. The molecule has 0 amide bonds. The van der Waals surface area contributed by atoms with Crippen LogP contribution in [0.15, 0.2) is 84.9 Å². The zero-order valence-electron chi connectivity index (χ0n) is 21.5. The van der Waals surface area contributed by atoms with Crippen molar-refractivity contribution >= 4 is 5.97 Å². The Bertz CT molecular complexity index is 1140. The summed E-state index contributed by atoms with van der Waals surface area (Å²) < 4.78 is 19.8. The van der Waals surface area contributed by atoms with E-state index in [0.717, 1.165) is 12.3 Å². The Morgan fingerprint density at radius 1 is 1.00 bits per heavy atom. The molecule has 3 aromatic rings. The molecule has 1 saturated carbocycles. The first-order chi connectivity index (χ1) is 17.5. The van der Waals surface area contributed by atoms with Crippen LogP contribution >= 0.6 is 0 Å². The standard InChI is InChI=1S/C33H37FO2/c1-3-4-6-11-29-20-21-31(23-32(29)34)36-33(35)30-18-16-28(17-19-30)27-14-12-25(13-15-27)22-24(2)26-9-7-5-8-10-26/h3-5,7-10,16-21,23-25,27H,6,11-15,22H2,1-2H3/t24-,25?,27?/m0/s1. The van der Waals surface area contributed by atoms with Gasteiger partial charge in [0.25, 0.3) is 0 Å². The van der Waals surface area contributed by atoms with Gasteiger partial charge in [-0.05, 0) is 105 Å². The normalized spacial score (nSPS) is 18.8. The Labute approximate surface area is 215 Å². The second-order valence-electron chi connectivity index (χ2n) is 10.1. The van der Waals surface area contributed by atoms with Crippen molar-refractivity contribution in [1.82, 2.24) is 0 Å². The van der Waals surface area contributed by atoms with E-state index < -0.39 is 5.97 Å². The Hall–Kier alpha value is -3.20. The molecule has 0 unspecified atom stereocenters. The topological polar surface area (TPSA) is 26.3 Å². The van der Waals surface area contributed by atoms with E-state index in [2.05, 4.69) is 49.4 Å². The van der Waals surface area contributed by atoms with Crippen molar-refractivity contribution in [3.05, 3.63) is 113 Å². The third-order valence-corrected chi connectivity index (χ3v) is 7.57. The summed E-state index contributed by atoms with van der Waals surface area (Å²) in [5, 5.41) is 0. The summed E-state index contributed by atoms with van der Waals surface area (Å²) in [5.74, 6) is 1.36. The smallest absolute Gasteiger partial charge is 0.343 e. The maximum Gasteiger partial charge on any atom is 0.343 e. The van der Waals surface area contributed by atoms with Crippen LogP contribution in [0.2, 0.25) is 0 Å². The predicted octanol–water partition coefficient (Wildman–Crippen LogP) is 9.02. The number of hydrogen-bond acceptors (Lipinski definition) is 2. The zero-order valence-corrected chi connectivity index (χ0v) is 21.5. The van der Waals surface area contributed by atoms with E-state index >= 15 is 0 Å². The maximum absolute atomic E-state index is 14.4. The van der Waals surface area contributed by atoms with Crippen LogP contribution in [0.25, 0.3) is 0 Å². The number of benzene rings is 3. The second kappa shape index (κ2) is 12.7. The molecule has 3 heteroatoms. The fourth-order valence-electron chi connectivity index (χ4n) is 5.41. The fourth-order valence-corrected chi connectivity index (χ4v) is 5.41. The molecule has 0 aromatic heterocycles. The lowest BCUT2D eigenvalue weighted by molar-refractivity contribution is 0.0734. The molecule has 0 saturated heterocycles. The molecule has 188 valence electrons. The molecular weight excluding hydrogens is 447 g/mol. The summed E-state index contributed by atoms with van der Waals surface area (Å²) in [6.07, 6.45) is 11.5. The average molecular weight is 485 g/mol. The van der Waals surface area contributed by atoms with Crippen LogP contribution < -0.4 is 4.74 Å². The van der Waals surface area contributed by atoms with Gasteiger partial charge in [0.15, 0.2) is 0 Å². The molecule has 0 N–H and O–H groups in total. The first-order valence-corrected chi connectivity index (χ1v) is 13.3. The lowest BCUT2D eigenvalue weighted by atomic mass is 9.75. The molecule has 1 fully saturated rings. The number of allylic oxidation sites excluding steroid dienone is 2. The number of halogens is 1. The highest BCUT2D eigenvalue weighted by molar-refractivity contribution is 5.91. The summed E-state index contributed by atoms with van der Waals surface area (Å²) in [7, 11) is 0. The van der Waals surface area contributed by atoms with Crippen LogP contribution in [0.3, 0.4) is 0 Å². The molecule has 1 aliphatic rings. The van der Waals surface area contributed by atoms with Gasteiger partial charge in [0.2, 0.25) is 0 Å². The third kappa shape index (κ3) is 6.94. The molecular formula is C33H37FO2. The van der Waals surface area contributed by atoms with Crippen molar-refractivity contribution in [3.8, 4) is 5.75 Å². The highest BCUT2D eigenvalue weighted by atomic mass is 19.1. The largest absolute Gasteiger partial charge is 0.423 e. The molecule has 0 spiro atoms. The van der Waals surface area contributed by atoms with Crippen LogP contribution in [0.1, 0.15) is 91.3 Å². The van der Waals surface area contributed by atoms with Crippen molar-refractivity contribution in [2.75, 3.05) is 0 Å². The molecule has 3 aromatic carbocycles. The van der Waals surface area contributed by atoms with E-state index in [9.17, 15) is 9.18 Å². The van der Waals surface area contributed by atoms with Gasteiger partial charge in [0, 0.05) is 6.07 Å². The first-order valence-electron chi connectivity index (χ1n) is 13.3. The fraction of sp³-hybridized carbons (Fsp3) is 0.364. The summed E-state index contributed by atoms with van der Waals surface area (Å²) in [5.41, 5.74) is 3.84. The van der Waals surface area contributed by atoms with Crippen LogP contribution in [-0.4, -0.2) is 5.97 Å². The monoisotopic (exact) mass is 484 g/mol. The quantitative estimate of drug-likeness (QED) is 0.172. The summed E-state index contributed by atoms with van der Waals surface area (Å²) in [6.45, 7) is 4.29. The SMILES string of the molecule is CC=CCCc1ccc(OC(=O)c2ccc(C3CCC(C[C@H](C)c4ccccc4)CC3)cc2)cc1F. The molecule has 1 aliphatic carbocycles. The van der Waals surface area contributed by atoms with Gasteiger partial charge < -0.3 is 4.74 Å². The van der Waals surface area contributed by atoms with Gasteiger partial charge in [0.1, 0.15) is 11.6 Å². The van der Waals surface area contributed by atoms with Crippen molar-refractivity contribution in [2.24, 2.45) is 5.92 Å². The number of aryl methyl sites for hydroxylation is 1. The number of esters is 1. The average Bonchev–Trinajstić information content (AvgIpc) is 2.91.